The van der Waals surface area contributed by atoms with E-state index >= 15 is 0 Å². The molecular formula is C23H23N5O4. The standard InChI is InChI=1S/C23H23N5O4/c1-2-27-13-17(11-25-27)28-7-5-23(29)22(26-28)15-31-18-3-4-21-16(9-18)10-20(12-24-21)32-19-6-8-30-14-19/h3-5,7,9-13,19H,2,6,8,14-15H2,1H3. The maximum Gasteiger partial charge on any atom is 0.206 e. The van der Waals surface area contributed by atoms with E-state index in [2.05, 4.69) is 15.2 Å². The molecule has 1 aliphatic rings. The highest BCUT2D eigenvalue weighted by molar-refractivity contribution is 5.81. The summed E-state index contributed by atoms with van der Waals surface area (Å²) >= 11 is 0. The molecule has 164 valence electrons. The maximum atomic E-state index is 12.3. The van der Waals surface area contributed by atoms with Gasteiger partial charge in [0.25, 0.3) is 0 Å². The first-order valence-electron chi connectivity index (χ1n) is 10.6. The van der Waals surface area contributed by atoms with Crippen LogP contribution < -0.4 is 14.9 Å². The van der Waals surface area contributed by atoms with Crippen molar-refractivity contribution in [2.24, 2.45) is 0 Å². The molecule has 1 aliphatic heterocycles. The normalized spacial score (nSPS) is 15.8. The predicted octanol–water partition coefficient (Wildman–Crippen LogP) is 2.74. The van der Waals surface area contributed by atoms with Gasteiger partial charge in [0.05, 0.1) is 37.3 Å². The molecule has 32 heavy (non-hydrogen) atoms. The summed E-state index contributed by atoms with van der Waals surface area (Å²) in [4.78, 5) is 16.7. The second-order valence-corrected chi connectivity index (χ2v) is 7.54. The van der Waals surface area contributed by atoms with Crippen molar-refractivity contribution in [2.75, 3.05) is 13.2 Å². The highest BCUT2D eigenvalue weighted by atomic mass is 16.5. The van der Waals surface area contributed by atoms with Gasteiger partial charge >= 0.3 is 0 Å². The Morgan fingerprint density at radius 3 is 2.91 bits per heavy atom. The lowest BCUT2D eigenvalue weighted by Gasteiger charge is -2.12. The van der Waals surface area contributed by atoms with Crippen LogP contribution in [0.3, 0.4) is 0 Å². The van der Waals surface area contributed by atoms with Crippen molar-refractivity contribution in [1.82, 2.24) is 24.5 Å². The molecule has 3 aromatic heterocycles. The Labute approximate surface area is 184 Å². The Morgan fingerprint density at radius 1 is 1.19 bits per heavy atom. The van der Waals surface area contributed by atoms with Gasteiger partial charge < -0.3 is 14.2 Å². The molecule has 4 heterocycles. The zero-order valence-electron chi connectivity index (χ0n) is 17.7. The first-order chi connectivity index (χ1) is 15.7. The Morgan fingerprint density at radius 2 is 2.09 bits per heavy atom. The predicted molar refractivity (Wildman–Crippen MR) is 117 cm³/mol. The smallest absolute Gasteiger partial charge is 0.206 e. The van der Waals surface area contributed by atoms with E-state index in [1.807, 2.05) is 37.4 Å². The van der Waals surface area contributed by atoms with Crippen molar-refractivity contribution in [3.63, 3.8) is 0 Å². The molecule has 1 unspecified atom stereocenters. The van der Waals surface area contributed by atoms with Crippen molar-refractivity contribution in [3.05, 3.63) is 71.0 Å². The van der Waals surface area contributed by atoms with Crippen LogP contribution in [-0.2, 0) is 17.9 Å². The van der Waals surface area contributed by atoms with Gasteiger partial charge in [0.15, 0.2) is 0 Å². The van der Waals surface area contributed by atoms with Crippen LogP contribution >= 0.6 is 0 Å². The molecule has 1 saturated heterocycles. The zero-order valence-corrected chi connectivity index (χ0v) is 17.7. The lowest BCUT2D eigenvalue weighted by molar-refractivity contribution is 0.141. The number of aromatic nitrogens is 5. The fourth-order valence-electron chi connectivity index (χ4n) is 3.53. The molecule has 0 saturated carbocycles. The fourth-order valence-corrected chi connectivity index (χ4v) is 3.53. The number of hydrogen-bond donors (Lipinski definition) is 0. The third-order valence-electron chi connectivity index (χ3n) is 5.28. The van der Waals surface area contributed by atoms with Crippen LogP contribution in [-0.4, -0.2) is 43.9 Å². The van der Waals surface area contributed by atoms with E-state index < -0.39 is 0 Å². The molecule has 4 aromatic rings. The monoisotopic (exact) mass is 433 g/mol. The summed E-state index contributed by atoms with van der Waals surface area (Å²) < 4.78 is 20.6. The fraction of sp³-hybridized carbons (Fsp3) is 0.304. The Bertz CT molecular complexity index is 1290. The third kappa shape index (κ3) is 4.33. The van der Waals surface area contributed by atoms with Gasteiger partial charge in [-0.2, -0.15) is 10.2 Å². The molecule has 5 rings (SSSR count). The minimum atomic E-state index is -0.180. The third-order valence-corrected chi connectivity index (χ3v) is 5.28. The van der Waals surface area contributed by atoms with E-state index in [-0.39, 0.29) is 18.1 Å². The van der Waals surface area contributed by atoms with Gasteiger partial charge in [-0.05, 0) is 31.2 Å². The summed E-state index contributed by atoms with van der Waals surface area (Å²) in [6, 6.07) is 9.01. The number of benzene rings is 1. The number of nitrogens with zero attached hydrogens (tertiary/aromatic N) is 5. The van der Waals surface area contributed by atoms with Crippen molar-refractivity contribution in [2.45, 2.75) is 32.6 Å². The van der Waals surface area contributed by atoms with E-state index in [9.17, 15) is 4.79 Å². The second kappa shape index (κ2) is 8.80. The minimum absolute atomic E-state index is 0.0517. The first kappa shape index (κ1) is 20.2. The Kier molecular flexibility index (Phi) is 5.55. The number of fused-ring (bicyclic) bond motifs is 1. The largest absolute Gasteiger partial charge is 0.487 e. The van der Waals surface area contributed by atoms with Crippen LogP contribution in [0.4, 0.5) is 0 Å². The van der Waals surface area contributed by atoms with Crippen molar-refractivity contribution >= 4 is 10.9 Å². The van der Waals surface area contributed by atoms with Gasteiger partial charge in [-0.15, -0.1) is 0 Å². The van der Waals surface area contributed by atoms with E-state index in [4.69, 9.17) is 14.2 Å². The van der Waals surface area contributed by atoms with E-state index in [1.54, 1.807) is 28.0 Å². The van der Waals surface area contributed by atoms with Gasteiger partial charge in [0.2, 0.25) is 5.43 Å². The van der Waals surface area contributed by atoms with Crippen LogP contribution in [0.2, 0.25) is 0 Å². The minimum Gasteiger partial charge on any atom is -0.487 e. The lowest BCUT2D eigenvalue weighted by Crippen LogP contribution is -2.17. The molecule has 9 heteroatoms. The summed E-state index contributed by atoms with van der Waals surface area (Å²) in [5.41, 5.74) is 1.75. The molecule has 0 amide bonds. The molecule has 0 aliphatic carbocycles. The zero-order chi connectivity index (χ0) is 21.9. The average molecular weight is 433 g/mol. The molecule has 1 atom stereocenters. The van der Waals surface area contributed by atoms with Crippen LogP contribution in [0, 0.1) is 0 Å². The molecule has 0 spiro atoms. The summed E-state index contributed by atoms with van der Waals surface area (Å²) in [5.74, 6) is 1.32. The topological polar surface area (TPSA) is 93.3 Å². The van der Waals surface area contributed by atoms with Crippen LogP contribution in [0.5, 0.6) is 11.5 Å². The summed E-state index contributed by atoms with van der Waals surface area (Å²) in [6.45, 7) is 4.14. The number of rotatable bonds is 7. The highest BCUT2D eigenvalue weighted by Crippen LogP contribution is 2.25. The summed E-state index contributed by atoms with van der Waals surface area (Å²) in [7, 11) is 0. The molecule has 1 fully saturated rings. The summed E-state index contributed by atoms with van der Waals surface area (Å²) in [5, 5.41) is 9.56. The molecule has 0 radical (unpaired) electrons. The highest BCUT2D eigenvalue weighted by Gasteiger charge is 2.17. The van der Waals surface area contributed by atoms with Crippen molar-refractivity contribution < 1.29 is 14.2 Å². The SMILES string of the molecule is CCn1cc(-n2ccc(=O)c(COc3ccc4ncc(OC5CCOC5)cc4c3)n2)cn1. The quantitative estimate of drug-likeness (QED) is 0.442. The Balaban J connectivity index is 1.33. The number of pyridine rings is 1. The van der Waals surface area contributed by atoms with Gasteiger partial charge in [0.1, 0.15) is 35.6 Å². The number of aryl methyl sites for hydroxylation is 1. The summed E-state index contributed by atoms with van der Waals surface area (Å²) in [6.07, 6.45) is 7.86. The van der Waals surface area contributed by atoms with Gasteiger partial charge in [-0.1, -0.05) is 0 Å². The molecule has 0 bridgehead atoms. The van der Waals surface area contributed by atoms with E-state index in [1.165, 1.54) is 6.07 Å². The molecule has 1 aromatic carbocycles. The Hall–Kier alpha value is -3.72. The lowest BCUT2D eigenvalue weighted by atomic mass is 10.2. The number of hydrogen-bond acceptors (Lipinski definition) is 7. The second-order valence-electron chi connectivity index (χ2n) is 7.54. The van der Waals surface area contributed by atoms with Crippen LogP contribution in [0.25, 0.3) is 16.6 Å². The number of ether oxygens (including phenoxy) is 3. The van der Waals surface area contributed by atoms with Gasteiger partial charge in [-0.3, -0.25) is 14.5 Å². The van der Waals surface area contributed by atoms with Gasteiger partial charge in [-0.25, -0.2) is 4.68 Å². The first-order valence-corrected chi connectivity index (χ1v) is 10.6. The molecule has 9 nitrogen and oxygen atoms in total. The maximum absolute atomic E-state index is 12.3. The van der Waals surface area contributed by atoms with Crippen molar-refractivity contribution in [1.29, 1.82) is 0 Å². The van der Waals surface area contributed by atoms with Crippen LogP contribution in [0.15, 0.2) is 59.9 Å². The molecule has 0 N–H and O–H groups in total. The van der Waals surface area contributed by atoms with Crippen LogP contribution in [0.1, 0.15) is 19.0 Å². The van der Waals surface area contributed by atoms with Gasteiger partial charge in [0, 0.05) is 30.6 Å². The average Bonchev–Trinajstić information content (AvgIpc) is 3.50. The van der Waals surface area contributed by atoms with E-state index in [0.717, 1.165) is 36.2 Å². The van der Waals surface area contributed by atoms with E-state index in [0.29, 0.717) is 23.8 Å². The van der Waals surface area contributed by atoms with Crippen molar-refractivity contribution in [3.8, 4) is 17.2 Å². The molecular weight excluding hydrogens is 410 g/mol.